The van der Waals surface area contributed by atoms with Crippen molar-refractivity contribution in [2.45, 2.75) is 5.41 Å². The van der Waals surface area contributed by atoms with Crippen molar-refractivity contribution >= 4 is 71.6 Å². The first-order chi connectivity index (χ1) is 39.7. The average Bonchev–Trinajstić information content (AvgIpc) is 3.46. The van der Waals surface area contributed by atoms with Crippen LogP contribution in [0.1, 0.15) is 22.3 Å². The fourth-order valence-corrected chi connectivity index (χ4v) is 14.0. The van der Waals surface area contributed by atoms with Gasteiger partial charge in [-0.15, -0.1) is 0 Å². The molecule has 3 nitrogen and oxygen atoms in total. The van der Waals surface area contributed by atoms with Crippen molar-refractivity contribution in [3.05, 3.63) is 313 Å². The topological polar surface area (TPSA) is 21.3 Å². The van der Waals surface area contributed by atoms with Crippen LogP contribution in [0.15, 0.2) is 296 Å². The summed E-state index contributed by atoms with van der Waals surface area (Å²) in [5.41, 5.74) is 25.4. The highest BCUT2D eigenvalue weighted by molar-refractivity contribution is 6.14. The number of anilines is 3. The van der Waals surface area contributed by atoms with Gasteiger partial charge in [0.05, 0.1) is 33.5 Å². The van der Waals surface area contributed by atoms with Crippen LogP contribution in [-0.2, 0) is 5.41 Å². The number of benzene rings is 13. The summed E-state index contributed by atoms with van der Waals surface area (Å²) in [7, 11) is 0. The third kappa shape index (κ3) is 6.37. The van der Waals surface area contributed by atoms with Crippen LogP contribution in [0.25, 0.3) is 116 Å². The average molecular weight is 1020 g/mol. The van der Waals surface area contributed by atoms with Gasteiger partial charge in [-0.3, -0.25) is 0 Å². The summed E-state index contributed by atoms with van der Waals surface area (Å²) in [5.74, 6) is 0. The predicted molar refractivity (Wildman–Crippen MR) is 333 cm³/mol. The number of nitrogens with zero attached hydrogens (tertiary/aromatic N) is 2. The van der Waals surface area contributed by atoms with E-state index in [2.05, 4.69) is 289 Å². The first-order valence-electron chi connectivity index (χ1n) is 27.6. The second-order valence-electron chi connectivity index (χ2n) is 21.5. The summed E-state index contributed by atoms with van der Waals surface area (Å²) >= 11 is 0. The van der Waals surface area contributed by atoms with E-state index < -0.39 is 5.41 Å². The molecule has 13 aromatic carbocycles. The second-order valence-corrected chi connectivity index (χ2v) is 21.5. The van der Waals surface area contributed by atoms with Gasteiger partial charge in [-0.05, 0) is 138 Å². The Labute approximate surface area is 463 Å². The number of hydrogen-bond donors (Lipinski definition) is 0. The summed E-state index contributed by atoms with van der Waals surface area (Å²) in [6.07, 6.45) is 0. The Kier molecular flexibility index (Phi) is 9.63. The maximum absolute atomic E-state index is 6.24. The van der Waals surface area contributed by atoms with Crippen molar-refractivity contribution in [3.8, 4) is 61.3 Å². The number of hydrogen-bond acceptors (Lipinski definition) is 2. The number of fused-ring (bicyclic) bond motifs is 16. The molecule has 1 aliphatic heterocycles. The molecular formula is C77H48N2O. The Balaban J connectivity index is 0.851. The zero-order chi connectivity index (χ0) is 52.5. The van der Waals surface area contributed by atoms with E-state index >= 15 is 0 Å². The molecule has 80 heavy (non-hydrogen) atoms. The van der Waals surface area contributed by atoms with Crippen molar-refractivity contribution in [2.24, 2.45) is 0 Å². The molecule has 3 heterocycles. The van der Waals surface area contributed by atoms with E-state index in [1.54, 1.807) is 0 Å². The maximum Gasteiger partial charge on any atom is 0.135 e. The van der Waals surface area contributed by atoms with E-state index in [1.165, 1.54) is 88.5 Å². The van der Waals surface area contributed by atoms with Crippen molar-refractivity contribution in [3.63, 3.8) is 0 Å². The van der Waals surface area contributed by atoms with E-state index in [1.807, 2.05) is 12.1 Å². The minimum Gasteiger partial charge on any atom is -0.456 e. The van der Waals surface area contributed by atoms with Gasteiger partial charge in [0.2, 0.25) is 0 Å². The number of rotatable bonds is 7. The molecule has 0 saturated carbocycles. The molecule has 1 atom stereocenters. The second kappa shape index (κ2) is 17.3. The van der Waals surface area contributed by atoms with Gasteiger partial charge in [0, 0.05) is 38.2 Å². The molecule has 372 valence electrons. The molecule has 2 aromatic heterocycles. The molecular weight excluding hydrogens is 969 g/mol. The zero-order valence-corrected chi connectivity index (χ0v) is 43.5. The fraction of sp³-hybridized carbons (Fsp3) is 0.0130. The largest absolute Gasteiger partial charge is 0.456 e. The van der Waals surface area contributed by atoms with Gasteiger partial charge in [0.15, 0.2) is 0 Å². The molecule has 1 aliphatic carbocycles. The molecule has 17 rings (SSSR count). The van der Waals surface area contributed by atoms with Crippen LogP contribution in [0, 0.1) is 0 Å². The number of furan rings is 1. The fourth-order valence-electron chi connectivity index (χ4n) is 14.0. The number of aromatic nitrogens is 1. The van der Waals surface area contributed by atoms with Gasteiger partial charge >= 0.3 is 0 Å². The normalized spacial score (nSPS) is 14.1. The van der Waals surface area contributed by atoms with Crippen LogP contribution in [0.5, 0.6) is 0 Å². The van der Waals surface area contributed by atoms with Crippen molar-refractivity contribution < 1.29 is 4.42 Å². The summed E-state index contributed by atoms with van der Waals surface area (Å²) < 4.78 is 8.76. The predicted octanol–water partition coefficient (Wildman–Crippen LogP) is 20.7. The summed E-state index contributed by atoms with van der Waals surface area (Å²) in [6.45, 7) is 0. The Bertz CT molecular complexity index is 5000. The summed E-state index contributed by atoms with van der Waals surface area (Å²) in [4.78, 5) is 2.47. The molecule has 1 unspecified atom stereocenters. The zero-order valence-electron chi connectivity index (χ0n) is 43.5. The smallest absolute Gasteiger partial charge is 0.135 e. The monoisotopic (exact) mass is 1020 g/mol. The molecule has 0 bridgehead atoms. The van der Waals surface area contributed by atoms with E-state index in [0.717, 1.165) is 66.6 Å². The van der Waals surface area contributed by atoms with E-state index in [-0.39, 0.29) is 0 Å². The molecule has 15 aromatic rings. The van der Waals surface area contributed by atoms with Crippen molar-refractivity contribution in [1.82, 2.24) is 4.57 Å². The van der Waals surface area contributed by atoms with E-state index in [9.17, 15) is 0 Å². The Hall–Kier alpha value is -10.5. The first-order valence-corrected chi connectivity index (χ1v) is 27.6. The molecule has 0 N–H and O–H groups in total. The Morgan fingerprint density at radius 2 is 0.863 bits per heavy atom. The summed E-state index contributed by atoms with van der Waals surface area (Å²) in [5, 5.41) is 7.16. The molecule has 0 fully saturated rings. The van der Waals surface area contributed by atoms with Crippen LogP contribution in [0.3, 0.4) is 0 Å². The number of para-hydroxylation sites is 5. The first kappa shape index (κ1) is 44.6. The van der Waals surface area contributed by atoms with Crippen LogP contribution in [0.4, 0.5) is 17.1 Å². The third-order valence-corrected chi connectivity index (χ3v) is 17.4. The standard InChI is InChI=1S/C77H48N2O/c1-2-17-49(18-3-1)50-33-35-52(36-34-50)57-19-7-12-29-70(57)78(55-41-37-51(38-42-55)53-40-46-75-65(47-53)63-24-9-15-32-74(63)80-75)72-45-44-56(58-20-4-5-22-61(58)72)54-39-43-60-59-21-6-10-26-66(59)77(69(60)48-54)67-27-11-14-31-73(67)79-71-30-13-8-23-62(71)64-25-16-28-68(77)76(64)79/h1-48H. The quantitative estimate of drug-likeness (QED) is 0.159. The Morgan fingerprint density at radius 3 is 1.73 bits per heavy atom. The third-order valence-electron chi connectivity index (χ3n) is 17.4. The molecule has 0 radical (unpaired) electrons. The van der Waals surface area contributed by atoms with E-state index in [4.69, 9.17) is 4.42 Å². The lowest BCUT2D eigenvalue weighted by Gasteiger charge is -2.39. The van der Waals surface area contributed by atoms with Gasteiger partial charge in [0.1, 0.15) is 11.2 Å². The van der Waals surface area contributed by atoms with Gasteiger partial charge < -0.3 is 13.9 Å². The van der Waals surface area contributed by atoms with E-state index in [0.29, 0.717) is 0 Å². The van der Waals surface area contributed by atoms with Crippen molar-refractivity contribution in [1.29, 1.82) is 0 Å². The van der Waals surface area contributed by atoms with Crippen LogP contribution < -0.4 is 4.90 Å². The SMILES string of the molecule is c1ccc(-c2ccc(-c3ccccc3N(c3ccc(-c4ccc5oc6ccccc6c5c4)cc3)c3ccc(-c4ccc5c(c4)C4(c6ccccc6-5)c5ccccc5-n5c6ccccc6c6cccc4c65)c4ccccc34)cc2)cc1. The maximum atomic E-state index is 6.24. The van der Waals surface area contributed by atoms with Gasteiger partial charge in [-0.1, -0.05) is 231 Å². The van der Waals surface area contributed by atoms with Crippen LogP contribution in [0.2, 0.25) is 0 Å². The van der Waals surface area contributed by atoms with Crippen LogP contribution in [-0.4, -0.2) is 4.57 Å². The van der Waals surface area contributed by atoms with Gasteiger partial charge in [-0.2, -0.15) is 0 Å². The minimum atomic E-state index is -0.553. The lowest BCUT2D eigenvalue weighted by molar-refractivity contribution is 0.669. The molecule has 2 aliphatic rings. The lowest BCUT2D eigenvalue weighted by Crippen LogP contribution is -2.33. The Morgan fingerprint density at radius 1 is 0.287 bits per heavy atom. The highest BCUT2D eigenvalue weighted by atomic mass is 16.3. The highest BCUT2D eigenvalue weighted by Gasteiger charge is 2.51. The molecule has 0 saturated heterocycles. The highest BCUT2D eigenvalue weighted by Crippen LogP contribution is 2.62. The minimum absolute atomic E-state index is 0.553. The van der Waals surface area contributed by atoms with Gasteiger partial charge in [0.25, 0.3) is 0 Å². The molecule has 1 spiro atoms. The molecule has 3 heteroatoms. The van der Waals surface area contributed by atoms with Crippen LogP contribution >= 0.6 is 0 Å². The summed E-state index contributed by atoms with van der Waals surface area (Å²) in [6, 6.07) is 108. The van der Waals surface area contributed by atoms with Gasteiger partial charge in [-0.25, -0.2) is 0 Å². The molecule has 0 amide bonds. The lowest BCUT2D eigenvalue weighted by atomic mass is 9.65. The van der Waals surface area contributed by atoms with Crippen molar-refractivity contribution in [2.75, 3.05) is 4.90 Å².